The SMILES string of the molecule is O=C1[C@@H](N2CCc3ccc(F)cc32)CCN1c1ccc(S(=O)(=O)Nc2nccs2)cc1.[HH]. The van der Waals surface area contributed by atoms with Gasteiger partial charge in [-0.05, 0) is 54.8 Å². The molecule has 1 atom stereocenters. The Balaban J connectivity index is 0.00000245. The van der Waals surface area contributed by atoms with Crippen molar-refractivity contribution in [3.63, 3.8) is 0 Å². The Bertz CT molecular complexity index is 1240. The topological polar surface area (TPSA) is 82.6 Å². The quantitative estimate of drug-likeness (QED) is 0.630. The van der Waals surface area contributed by atoms with Gasteiger partial charge in [-0.3, -0.25) is 9.52 Å². The zero-order chi connectivity index (χ0) is 21.6. The number of aromatic nitrogens is 1. The Morgan fingerprint density at radius 3 is 2.71 bits per heavy atom. The number of hydrogen-bond acceptors (Lipinski definition) is 6. The van der Waals surface area contributed by atoms with Gasteiger partial charge in [0.1, 0.15) is 11.9 Å². The average molecular weight is 461 g/mol. The molecule has 0 radical (unpaired) electrons. The van der Waals surface area contributed by atoms with Crippen molar-refractivity contribution < 1.29 is 19.0 Å². The maximum absolute atomic E-state index is 13.7. The van der Waals surface area contributed by atoms with Crippen LogP contribution in [-0.2, 0) is 21.2 Å². The number of thiazole rings is 1. The zero-order valence-electron chi connectivity index (χ0n) is 16.4. The molecule has 3 heterocycles. The molecule has 2 aliphatic rings. The summed E-state index contributed by atoms with van der Waals surface area (Å²) >= 11 is 1.19. The molecule has 1 aromatic heterocycles. The van der Waals surface area contributed by atoms with Crippen LogP contribution in [0.15, 0.2) is 58.9 Å². The molecular formula is C21H21FN4O3S2. The highest BCUT2D eigenvalue weighted by Gasteiger charge is 2.39. The molecule has 3 aromatic rings. The lowest BCUT2D eigenvalue weighted by Gasteiger charge is -2.26. The maximum atomic E-state index is 13.7. The van der Waals surface area contributed by atoms with Crippen molar-refractivity contribution >= 4 is 43.8 Å². The van der Waals surface area contributed by atoms with E-state index in [2.05, 4.69) is 9.71 Å². The van der Waals surface area contributed by atoms with Crippen LogP contribution in [0.2, 0.25) is 0 Å². The molecule has 10 heteroatoms. The number of carbonyl (C=O) groups is 1. The molecule has 31 heavy (non-hydrogen) atoms. The summed E-state index contributed by atoms with van der Waals surface area (Å²) < 4.78 is 41.2. The number of anilines is 3. The number of halogens is 1. The number of amides is 1. The molecule has 0 saturated carbocycles. The van der Waals surface area contributed by atoms with Gasteiger partial charge in [0.05, 0.1) is 4.90 Å². The Kier molecular flexibility index (Phi) is 4.90. The van der Waals surface area contributed by atoms with Gasteiger partial charge in [-0.1, -0.05) is 6.07 Å². The van der Waals surface area contributed by atoms with Crippen LogP contribution in [-0.4, -0.2) is 38.4 Å². The lowest BCUT2D eigenvalue weighted by molar-refractivity contribution is -0.118. The van der Waals surface area contributed by atoms with E-state index in [0.29, 0.717) is 30.3 Å². The van der Waals surface area contributed by atoms with Crippen molar-refractivity contribution in [3.05, 3.63) is 65.4 Å². The zero-order valence-corrected chi connectivity index (χ0v) is 18.0. The molecule has 2 aromatic carbocycles. The molecule has 0 bridgehead atoms. The standard InChI is InChI=1S/C21H19FN4O3S2.H2/c22-15-2-1-14-7-10-26(19(14)13-15)18-8-11-25(20(18)27)16-3-5-17(6-4-16)31(28,29)24-21-23-9-12-30-21;/h1-6,9,12-13,18H,7-8,10-11H2,(H,23,24);1H/t18-;/m0./s1. The fraction of sp³-hybridized carbons (Fsp3) is 0.238. The Hall–Kier alpha value is -2.98. The number of sulfonamides is 1. The summed E-state index contributed by atoms with van der Waals surface area (Å²) in [7, 11) is -3.75. The second kappa shape index (κ2) is 7.61. The lowest BCUT2D eigenvalue weighted by atomic mass is 10.1. The van der Waals surface area contributed by atoms with E-state index < -0.39 is 10.0 Å². The fourth-order valence-corrected chi connectivity index (χ4v) is 5.95. The van der Waals surface area contributed by atoms with Gasteiger partial charge in [0.25, 0.3) is 10.0 Å². The molecule has 5 rings (SSSR count). The summed E-state index contributed by atoms with van der Waals surface area (Å²) in [4.78, 5) is 20.8. The van der Waals surface area contributed by atoms with Gasteiger partial charge < -0.3 is 9.80 Å². The number of carbonyl (C=O) groups excluding carboxylic acids is 1. The fourth-order valence-electron chi connectivity index (χ4n) is 4.16. The third-order valence-corrected chi connectivity index (χ3v) is 7.82. The summed E-state index contributed by atoms with van der Waals surface area (Å²) in [5, 5.41) is 1.98. The molecule has 0 spiro atoms. The van der Waals surface area contributed by atoms with E-state index in [-0.39, 0.29) is 24.1 Å². The van der Waals surface area contributed by atoms with Gasteiger partial charge in [0.2, 0.25) is 5.91 Å². The number of nitrogens with zero attached hydrogens (tertiary/aromatic N) is 3. The van der Waals surface area contributed by atoms with E-state index >= 15 is 0 Å². The van der Waals surface area contributed by atoms with Crippen LogP contribution in [0.4, 0.5) is 20.9 Å². The van der Waals surface area contributed by atoms with Gasteiger partial charge in [-0.25, -0.2) is 17.8 Å². The first-order chi connectivity index (χ1) is 14.9. The van der Waals surface area contributed by atoms with E-state index in [1.807, 2.05) is 4.90 Å². The normalized spacial score (nSPS) is 18.5. The molecule has 0 unspecified atom stereocenters. The second-order valence-corrected chi connectivity index (χ2v) is 10.0. The molecule has 7 nitrogen and oxygen atoms in total. The van der Waals surface area contributed by atoms with Crippen molar-refractivity contribution in [2.45, 2.75) is 23.8 Å². The van der Waals surface area contributed by atoms with Crippen LogP contribution in [0.25, 0.3) is 0 Å². The predicted molar refractivity (Wildman–Crippen MR) is 120 cm³/mol. The first-order valence-electron chi connectivity index (χ1n) is 9.81. The highest BCUT2D eigenvalue weighted by Crippen LogP contribution is 2.34. The van der Waals surface area contributed by atoms with Gasteiger partial charge >= 0.3 is 0 Å². The van der Waals surface area contributed by atoms with Crippen molar-refractivity contribution in [1.29, 1.82) is 0 Å². The first-order valence-corrected chi connectivity index (χ1v) is 12.2. The minimum Gasteiger partial charge on any atom is -0.359 e. The van der Waals surface area contributed by atoms with Crippen LogP contribution in [0.1, 0.15) is 13.4 Å². The summed E-state index contributed by atoms with van der Waals surface area (Å²) in [6, 6.07) is 10.6. The van der Waals surface area contributed by atoms with Gasteiger partial charge in [0.15, 0.2) is 5.13 Å². The highest BCUT2D eigenvalue weighted by atomic mass is 32.2. The summed E-state index contributed by atoms with van der Waals surface area (Å²) in [5.41, 5.74) is 2.48. The molecule has 2 aliphatic heterocycles. The Morgan fingerprint density at radius 1 is 1.16 bits per heavy atom. The van der Waals surface area contributed by atoms with Crippen molar-refractivity contribution in [2.75, 3.05) is 27.6 Å². The molecule has 1 amide bonds. The lowest BCUT2D eigenvalue weighted by Crippen LogP contribution is -2.41. The van der Waals surface area contributed by atoms with Crippen LogP contribution >= 0.6 is 11.3 Å². The van der Waals surface area contributed by atoms with Gasteiger partial charge in [0, 0.05) is 37.5 Å². The number of nitrogens with one attached hydrogen (secondary N) is 1. The summed E-state index contributed by atoms with van der Waals surface area (Å²) in [6.45, 7) is 1.21. The molecule has 1 fully saturated rings. The number of rotatable bonds is 5. The van der Waals surface area contributed by atoms with Crippen LogP contribution < -0.4 is 14.5 Å². The van der Waals surface area contributed by atoms with E-state index in [1.54, 1.807) is 28.5 Å². The highest BCUT2D eigenvalue weighted by molar-refractivity contribution is 7.93. The molecule has 162 valence electrons. The maximum Gasteiger partial charge on any atom is 0.263 e. The molecule has 1 N–H and O–H groups in total. The van der Waals surface area contributed by atoms with Crippen molar-refractivity contribution in [1.82, 2.24) is 4.98 Å². The monoisotopic (exact) mass is 460 g/mol. The summed E-state index contributed by atoms with van der Waals surface area (Å²) in [5.74, 6) is -0.371. The molecule has 0 aliphatic carbocycles. The molecular weight excluding hydrogens is 439 g/mol. The third kappa shape index (κ3) is 3.66. The van der Waals surface area contributed by atoms with Crippen molar-refractivity contribution in [3.8, 4) is 0 Å². The Labute approximate surface area is 184 Å². The number of fused-ring (bicyclic) bond motifs is 1. The second-order valence-electron chi connectivity index (χ2n) is 7.45. The molecule has 1 saturated heterocycles. The minimum atomic E-state index is -3.75. The summed E-state index contributed by atoms with van der Waals surface area (Å²) in [6.07, 6.45) is 2.94. The smallest absolute Gasteiger partial charge is 0.263 e. The van der Waals surface area contributed by atoms with Gasteiger partial charge in [-0.2, -0.15) is 0 Å². The van der Waals surface area contributed by atoms with Gasteiger partial charge in [-0.15, -0.1) is 11.3 Å². The Morgan fingerprint density at radius 2 is 1.97 bits per heavy atom. The van der Waals surface area contributed by atoms with Crippen LogP contribution in [0.5, 0.6) is 0 Å². The number of benzene rings is 2. The van der Waals surface area contributed by atoms with E-state index in [4.69, 9.17) is 0 Å². The minimum absolute atomic E-state index is 0. The average Bonchev–Trinajstić information content (AvgIpc) is 3.48. The number of hydrogen-bond donors (Lipinski definition) is 1. The van der Waals surface area contributed by atoms with E-state index in [0.717, 1.165) is 17.7 Å². The predicted octanol–water partition coefficient (Wildman–Crippen LogP) is 3.50. The van der Waals surface area contributed by atoms with E-state index in [1.165, 1.54) is 41.8 Å². The van der Waals surface area contributed by atoms with Crippen molar-refractivity contribution in [2.24, 2.45) is 0 Å². The first kappa shape index (κ1) is 20.0. The van der Waals surface area contributed by atoms with Crippen LogP contribution in [0, 0.1) is 5.82 Å². The largest absolute Gasteiger partial charge is 0.359 e. The van der Waals surface area contributed by atoms with E-state index in [9.17, 15) is 17.6 Å². The third-order valence-electron chi connectivity index (χ3n) is 5.64. The van der Waals surface area contributed by atoms with Crippen LogP contribution in [0.3, 0.4) is 0 Å².